The molecule has 3 heterocycles. The lowest BCUT2D eigenvalue weighted by atomic mass is 9.35. The second-order valence-corrected chi connectivity index (χ2v) is 24.1. The fourth-order valence-electron chi connectivity index (χ4n) is 9.59. The third-order valence-corrected chi connectivity index (χ3v) is 13.6. The summed E-state index contributed by atoms with van der Waals surface area (Å²) in [5, 5.41) is 0. The number of aromatic nitrogens is 1. The van der Waals surface area contributed by atoms with Crippen molar-refractivity contribution in [1.82, 2.24) is 4.98 Å². The van der Waals surface area contributed by atoms with E-state index in [0.29, 0.717) is 6.01 Å². The second kappa shape index (κ2) is 15.5. The zero-order valence-electron chi connectivity index (χ0n) is 42.4. The van der Waals surface area contributed by atoms with E-state index in [9.17, 15) is 0 Å². The minimum atomic E-state index is -0.220. The standard InChI is InChI=1S/C60H69BN4O/c1-38-29-50-52-51(30-38)65(47-35-42(59(11,12)13)32-43(36-47)60(14,15)16)54-53(62-55(66-54)63(44-23-19-17-20-24-44)45-25-21-18-22-26-45)61(52)48-37-39(56(2,3)4)27-28-49(48)64(50)46-33-40(57(5,6)7)31-41(34-46)58(8,9)10/h17-37H,1-16H3. The van der Waals surface area contributed by atoms with Crippen LogP contribution < -0.4 is 31.2 Å². The Morgan fingerprint density at radius 2 is 0.879 bits per heavy atom. The predicted octanol–water partition coefficient (Wildman–Crippen LogP) is 15.0. The quantitative estimate of drug-likeness (QED) is 0.161. The summed E-state index contributed by atoms with van der Waals surface area (Å²) in [6.45, 7) is 36.8. The molecule has 0 spiro atoms. The van der Waals surface area contributed by atoms with E-state index in [1.807, 2.05) is 0 Å². The molecule has 0 unspecified atom stereocenters. The lowest BCUT2D eigenvalue weighted by molar-refractivity contribution is 0.564. The molecule has 0 saturated carbocycles. The first-order valence-electron chi connectivity index (χ1n) is 23.9. The average molecular weight is 873 g/mol. The number of fused-ring (bicyclic) bond motifs is 4. The van der Waals surface area contributed by atoms with E-state index in [2.05, 4.69) is 253 Å². The van der Waals surface area contributed by atoms with E-state index >= 15 is 0 Å². The van der Waals surface area contributed by atoms with Gasteiger partial charge in [-0.3, -0.25) is 9.80 Å². The second-order valence-electron chi connectivity index (χ2n) is 24.1. The van der Waals surface area contributed by atoms with Gasteiger partial charge >= 0.3 is 6.01 Å². The number of anilines is 9. The van der Waals surface area contributed by atoms with Gasteiger partial charge in [0.15, 0.2) is 0 Å². The van der Waals surface area contributed by atoms with Gasteiger partial charge in [0.25, 0.3) is 6.71 Å². The molecule has 2 aliphatic heterocycles. The summed E-state index contributed by atoms with van der Waals surface area (Å²) in [7, 11) is 0. The summed E-state index contributed by atoms with van der Waals surface area (Å²) in [5.74, 6) is 0.743. The third-order valence-electron chi connectivity index (χ3n) is 13.6. The summed E-state index contributed by atoms with van der Waals surface area (Å²) in [4.78, 5) is 12.9. The molecule has 7 aromatic rings. The van der Waals surface area contributed by atoms with E-state index in [1.165, 1.54) is 61.4 Å². The van der Waals surface area contributed by atoms with Gasteiger partial charge in [-0.05, 0) is 145 Å². The van der Waals surface area contributed by atoms with Crippen molar-refractivity contribution in [2.75, 3.05) is 14.7 Å². The molecule has 0 N–H and O–H groups in total. The molecule has 0 fully saturated rings. The zero-order chi connectivity index (χ0) is 47.5. The molecule has 0 radical (unpaired) electrons. The Hall–Kier alpha value is -6.01. The maximum Gasteiger partial charge on any atom is 0.307 e. The van der Waals surface area contributed by atoms with Crippen molar-refractivity contribution >= 4 is 74.9 Å². The van der Waals surface area contributed by atoms with Crippen LogP contribution in [-0.2, 0) is 27.1 Å². The van der Waals surface area contributed by atoms with E-state index in [0.717, 1.165) is 34.2 Å². The molecule has 0 saturated heterocycles. The molecular formula is C60H69BN4O. The fourth-order valence-corrected chi connectivity index (χ4v) is 9.59. The van der Waals surface area contributed by atoms with Crippen molar-refractivity contribution in [1.29, 1.82) is 0 Å². The van der Waals surface area contributed by atoms with Gasteiger partial charge in [-0.2, -0.15) is 0 Å². The first-order valence-corrected chi connectivity index (χ1v) is 23.9. The summed E-state index contributed by atoms with van der Waals surface area (Å²) in [5.41, 5.74) is 18.3. The number of nitrogens with zero attached hydrogens (tertiary/aromatic N) is 4. The van der Waals surface area contributed by atoms with Crippen LogP contribution in [0.4, 0.5) is 51.7 Å². The van der Waals surface area contributed by atoms with Crippen molar-refractivity contribution in [3.05, 3.63) is 161 Å². The molecule has 0 bridgehead atoms. The number of para-hydroxylation sites is 2. The highest BCUT2D eigenvalue weighted by Gasteiger charge is 2.48. The maximum absolute atomic E-state index is 7.45. The Balaban J connectivity index is 1.42. The Kier molecular flexibility index (Phi) is 10.6. The van der Waals surface area contributed by atoms with Crippen LogP contribution in [0.2, 0.25) is 0 Å². The monoisotopic (exact) mass is 873 g/mol. The normalized spacial score (nSPS) is 14.0. The summed E-state index contributed by atoms with van der Waals surface area (Å²) in [6.07, 6.45) is 0. The smallest absolute Gasteiger partial charge is 0.307 e. The van der Waals surface area contributed by atoms with Crippen LogP contribution in [0.25, 0.3) is 0 Å². The van der Waals surface area contributed by atoms with Gasteiger partial charge in [-0.15, -0.1) is 0 Å². The van der Waals surface area contributed by atoms with Crippen LogP contribution in [0, 0.1) is 6.92 Å². The number of hydrogen-bond acceptors (Lipinski definition) is 5. The van der Waals surface area contributed by atoms with Gasteiger partial charge in [0, 0.05) is 28.4 Å². The van der Waals surface area contributed by atoms with Crippen LogP contribution in [0.15, 0.2) is 132 Å². The van der Waals surface area contributed by atoms with Crippen LogP contribution in [-0.4, -0.2) is 11.7 Å². The van der Waals surface area contributed by atoms with E-state index in [-0.39, 0.29) is 33.8 Å². The minimum absolute atomic E-state index is 0.0612. The van der Waals surface area contributed by atoms with Crippen LogP contribution >= 0.6 is 0 Å². The lowest BCUT2D eigenvalue weighted by Crippen LogP contribution is -2.62. The highest BCUT2D eigenvalue weighted by atomic mass is 16.4. The highest BCUT2D eigenvalue weighted by molar-refractivity contribution is 6.99. The molecule has 6 aromatic carbocycles. The molecule has 0 aliphatic carbocycles. The SMILES string of the molecule is Cc1cc2c3c(c1)N(c1cc(C(C)(C)C)cc(C(C)(C)C)c1)c1oc(N(c4ccccc4)c4ccccc4)nc1B3c1cc(C(C)(C)C)ccc1N2c1cc(C(C)(C)C)cc(C(C)(C)C)c1. The Morgan fingerprint density at radius 1 is 0.455 bits per heavy atom. The van der Waals surface area contributed by atoms with E-state index in [4.69, 9.17) is 9.40 Å². The van der Waals surface area contributed by atoms with Gasteiger partial charge in [0.1, 0.15) is 0 Å². The van der Waals surface area contributed by atoms with Crippen molar-refractivity contribution < 1.29 is 4.42 Å². The molecule has 5 nitrogen and oxygen atoms in total. The molecule has 6 heteroatoms. The molecule has 2 aliphatic rings. The summed E-state index contributed by atoms with van der Waals surface area (Å²) >= 11 is 0. The molecular weight excluding hydrogens is 803 g/mol. The van der Waals surface area contributed by atoms with Gasteiger partial charge in [-0.25, -0.2) is 4.98 Å². The van der Waals surface area contributed by atoms with Crippen molar-refractivity contribution in [2.45, 2.75) is 138 Å². The van der Waals surface area contributed by atoms with Crippen LogP contribution in [0.5, 0.6) is 0 Å². The van der Waals surface area contributed by atoms with E-state index < -0.39 is 0 Å². The molecule has 0 atom stereocenters. The predicted molar refractivity (Wildman–Crippen MR) is 283 cm³/mol. The zero-order valence-corrected chi connectivity index (χ0v) is 42.4. The molecule has 9 rings (SSSR count). The Labute approximate surface area is 396 Å². The molecule has 338 valence electrons. The number of hydrogen-bond donors (Lipinski definition) is 0. The van der Waals surface area contributed by atoms with Gasteiger partial charge in [0.05, 0.1) is 17.0 Å². The first-order chi connectivity index (χ1) is 30.8. The number of rotatable bonds is 5. The number of oxazole rings is 1. The van der Waals surface area contributed by atoms with Crippen molar-refractivity contribution in [3.8, 4) is 0 Å². The van der Waals surface area contributed by atoms with Gasteiger partial charge < -0.3 is 9.32 Å². The van der Waals surface area contributed by atoms with Gasteiger partial charge in [-0.1, -0.05) is 165 Å². The number of benzene rings is 6. The highest BCUT2D eigenvalue weighted by Crippen LogP contribution is 2.49. The minimum Gasteiger partial charge on any atom is -0.407 e. The molecule has 66 heavy (non-hydrogen) atoms. The molecule has 0 amide bonds. The Morgan fingerprint density at radius 3 is 1.32 bits per heavy atom. The van der Waals surface area contributed by atoms with Crippen molar-refractivity contribution in [3.63, 3.8) is 0 Å². The Bertz CT molecular complexity index is 2860. The lowest BCUT2D eigenvalue weighted by Gasteiger charge is -2.43. The first kappa shape index (κ1) is 45.2. The average Bonchev–Trinajstić information content (AvgIpc) is 3.66. The third kappa shape index (κ3) is 8.05. The van der Waals surface area contributed by atoms with Crippen LogP contribution in [0.1, 0.15) is 137 Å². The molecule has 1 aromatic heterocycles. The van der Waals surface area contributed by atoms with Gasteiger partial charge in [0.2, 0.25) is 5.88 Å². The van der Waals surface area contributed by atoms with E-state index in [1.54, 1.807) is 0 Å². The summed E-state index contributed by atoms with van der Waals surface area (Å²) < 4.78 is 7.45. The van der Waals surface area contributed by atoms with Crippen molar-refractivity contribution in [2.24, 2.45) is 0 Å². The fraction of sp³-hybridized carbons (Fsp3) is 0.350. The largest absolute Gasteiger partial charge is 0.407 e. The number of aryl methyl sites for hydroxylation is 1. The topological polar surface area (TPSA) is 35.8 Å². The van der Waals surface area contributed by atoms with Crippen LogP contribution in [0.3, 0.4) is 0 Å². The maximum atomic E-state index is 7.45. The summed E-state index contributed by atoms with van der Waals surface area (Å²) in [6, 6.07) is 47.9.